The van der Waals surface area contributed by atoms with E-state index in [0.717, 1.165) is 18.2 Å². The number of hydrogen-bond donors (Lipinski definition) is 1. The van der Waals surface area contributed by atoms with Gasteiger partial charge in [-0.2, -0.15) is 13.2 Å². The minimum Gasteiger partial charge on any atom is -0.351 e. The first-order chi connectivity index (χ1) is 8.34. The van der Waals surface area contributed by atoms with Crippen LogP contribution in [0.3, 0.4) is 0 Å². The standard InChI is InChI=1S/C12H9F4NO/c13-9-4-11(9)5-17-10(18)7-2-1-6(3-8(7)11)12(14,15)16/h1-3,9H,4-5H2,(H,17,18)/t9-,11+/m0/s1. The molecule has 1 saturated carbocycles. The van der Waals surface area contributed by atoms with Crippen LogP contribution in [0.2, 0.25) is 0 Å². The lowest BCUT2D eigenvalue weighted by molar-refractivity contribution is -0.137. The first kappa shape index (κ1) is 11.5. The normalized spacial score (nSPS) is 30.0. The maximum absolute atomic E-state index is 13.5. The maximum Gasteiger partial charge on any atom is 0.416 e. The molecule has 96 valence electrons. The van der Waals surface area contributed by atoms with Crippen molar-refractivity contribution in [1.29, 1.82) is 0 Å². The van der Waals surface area contributed by atoms with Crippen molar-refractivity contribution >= 4 is 5.91 Å². The Morgan fingerprint density at radius 1 is 1.33 bits per heavy atom. The van der Waals surface area contributed by atoms with E-state index in [-0.39, 0.29) is 24.1 Å². The third kappa shape index (κ3) is 1.44. The van der Waals surface area contributed by atoms with E-state index >= 15 is 0 Å². The fourth-order valence-electron chi connectivity index (χ4n) is 2.48. The van der Waals surface area contributed by atoms with Crippen molar-refractivity contribution in [2.75, 3.05) is 6.54 Å². The lowest BCUT2D eigenvalue weighted by atomic mass is 9.86. The largest absolute Gasteiger partial charge is 0.416 e. The van der Waals surface area contributed by atoms with Crippen molar-refractivity contribution in [3.05, 3.63) is 34.9 Å². The van der Waals surface area contributed by atoms with Crippen molar-refractivity contribution in [2.24, 2.45) is 0 Å². The highest BCUT2D eigenvalue weighted by molar-refractivity contribution is 5.98. The van der Waals surface area contributed by atoms with Gasteiger partial charge in [-0.3, -0.25) is 4.79 Å². The molecule has 18 heavy (non-hydrogen) atoms. The Morgan fingerprint density at radius 3 is 2.56 bits per heavy atom. The van der Waals surface area contributed by atoms with Gasteiger partial charge in [-0.05, 0) is 30.2 Å². The molecule has 6 heteroatoms. The van der Waals surface area contributed by atoms with Crippen molar-refractivity contribution in [1.82, 2.24) is 5.32 Å². The highest BCUT2D eigenvalue weighted by Crippen LogP contribution is 2.53. The summed E-state index contributed by atoms with van der Waals surface area (Å²) in [4.78, 5) is 11.6. The van der Waals surface area contributed by atoms with Crippen LogP contribution in [0.15, 0.2) is 18.2 Å². The third-order valence-electron chi connectivity index (χ3n) is 3.68. The first-order valence-electron chi connectivity index (χ1n) is 5.48. The Hall–Kier alpha value is -1.59. The minimum atomic E-state index is -4.48. The molecule has 1 N–H and O–H groups in total. The number of hydrogen-bond acceptors (Lipinski definition) is 1. The zero-order chi connectivity index (χ0) is 13.1. The molecule has 1 spiro atoms. The van der Waals surface area contributed by atoms with Gasteiger partial charge in [0, 0.05) is 17.5 Å². The Kier molecular flexibility index (Phi) is 2.07. The average Bonchev–Trinajstić information content (AvgIpc) is 2.95. The van der Waals surface area contributed by atoms with Gasteiger partial charge >= 0.3 is 6.18 Å². The minimum absolute atomic E-state index is 0.0707. The zero-order valence-electron chi connectivity index (χ0n) is 9.14. The molecular weight excluding hydrogens is 250 g/mol. The lowest BCUT2D eigenvalue weighted by Crippen LogP contribution is -2.40. The van der Waals surface area contributed by atoms with Gasteiger partial charge in [0.25, 0.3) is 5.91 Å². The number of halogens is 4. The summed E-state index contributed by atoms with van der Waals surface area (Å²) in [5, 5.41) is 2.52. The molecule has 1 aromatic rings. The quantitative estimate of drug-likeness (QED) is 0.712. The van der Waals surface area contributed by atoms with E-state index in [2.05, 4.69) is 5.32 Å². The smallest absolute Gasteiger partial charge is 0.351 e. The van der Waals surface area contributed by atoms with Gasteiger partial charge < -0.3 is 5.32 Å². The van der Waals surface area contributed by atoms with Gasteiger partial charge in [0.1, 0.15) is 6.17 Å². The summed E-state index contributed by atoms with van der Waals surface area (Å²) < 4.78 is 51.3. The van der Waals surface area contributed by atoms with Crippen LogP contribution in [0.5, 0.6) is 0 Å². The van der Waals surface area contributed by atoms with Crippen LogP contribution in [0.1, 0.15) is 27.9 Å². The Bertz CT molecular complexity index is 539. The average molecular weight is 259 g/mol. The SMILES string of the molecule is O=C1NC[C@]2(C[C@@H]2F)c2cc(C(F)(F)F)ccc21. The van der Waals surface area contributed by atoms with Gasteiger partial charge in [0.2, 0.25) is 0 Å². The first-order valence-corrected chi connectivity index (χ1v) is 5.48. The predicted molar refractivity (Wildman–Crippen MR) is 55.0 cm³/mol. The Balaban J connectivity index is 2.15. The molecular formula is C12H9F4NO. The molecule has 0 bridgehead atoms. The molecule has 0 aromatic heterocycles. The summed E-state index contributed by atoms with van der Waals surface area (Å²) in [6.07, 6.45) is -5.49. The van der Waals surface area contributed by atoms with E-state index < -0.39 is 29.2 Å². The number of benzene rings is 1. The zero-order valence-corrected chi connectivity index (χ0v) is 9.14. The molecule has 1 aromatic carbocycles. The highest BCUT2D eigenvalue weighted by atomic mass is 19.4. The number of rotatable bonds is 0. The van der Waals surface area contributed by atoms with E-state index in [1.54, 1.807) is 0 Å². The van der Waals surface area contributed by atoms with Crippen LogP contribution >= 0.6 is 0 Å². The van der Waals surface area contributed by atoms with Gasteiger partial charge in [0.05, 0.1) is 5.56 Å². The molecule has 2 atom stereocenters. The predicted octanol–water partition coefficient (Wildman–Crippen LogP) is 2.43. The molecule has 1 aliphatic heterocycles. The van der Waals surface area contributed by atoms with Crippen molar-refractivity contribution in [3.63, 3.8) is 0 Å². The van der Waals surface area contributed by atoms with Gasteiger partial charge in [-0.25, -0.2) is 4.39 Å². The molecule has 1 aliphatic carbocycles. The van der Waals surface area contributed by atoms with E-state index in [0.29, 0.717) is 0 Å². The van der Waals surface area contributed by atoms with Gasteiger partial charge in [-0.15, -0.1) is 0 Å². The fraction of sp³-hybridized carbons (Fsp3) is 0.417. The molecule has 0 radical (unpaired) electrons. The third-order valence-corrected chi connectivity index (χ3v) is 3.68. The number of fused-ring (bicyclic) bond motifs is 2. The van der Waals surface area contributed by atoms with Crippen LogP contribution in [-0.2, 0) is 11.6 Å². The molecule has 1 fully saturated rings. The van der Waals surface area contributed by atoms with Crippen LogP contribution in [0.25, 0.3) is 0 Å². The maximum atomic E-state index is 13.5. The Morgan fingerprint density at radius 2 is 2.00 bits per heavy atom. The van der Waals surface area contributed by atoms with Crippen LogP contribution < -0.4 is 5.32 Å². The number of alkyl halides is 4. The van der Waals surface area contributed by atoms with Gasteiger partial charge in [0.15, 0.2) is 0 Å². The summed E-state index contributed by atoms with van der Waals surface area (Å²) in [6.45, 7) is 0.0707. The summed E-state index contributed by atoms with van der Waals surface area (Å²) in [6, 6.07) is 2.89. The molecule has 1 heterocycles. The molecule has 0 saturated heterocycles. The fourth-order valence-corrected chi connectivity index (χ4v) is 2.48. The second kappa shape index (κ2) is 3.24. The second-order valence-electron chi connectivity index (χ2n) is 4.77. The number of nitrogens with one attached hydrogen (secondary N) is 1. The molecule has 1 amide bonds. The highest BCUT2D eigenvalue weighted by Gasteiger charge is 2.59. The van der Waals surface area contributed by atoms with E-state index in [4.69, 9.17) is 0 Å². The summed E-state index contributed by atoms with van der Waals surface area (Å²) in [5.41, 5.74) is -1.44. The number of amides is 1. The van der Waals surface area contributed by atoms with Crippen molar-refractivity contribution in [3.8, 4) is 0 Å². The lowest BCUT2D eigenvalue weighted by Gasteiger charge is -2.26. The number of carbonyl (C=O) groups is 1. The van der Waals surface area contributed by atoms with Crippen molar-refractivity contribution < 1.29 is 22.4 Å². The van der Waals surface area contributed by atoms with Crippen LogP contribution in [-0.4, -0.2) is 18.6 Å². The Labute approximate surface area is 100.0 Å². The van der Waals surface area contributed by atoms with E-state index in [1.807, 2.05) is 0 Å². The topological polar surface area (TPSA) is 29.1 Å². The second-order valence-corrected chi connectivity index (χ2v) is 4.77. The van der Waals surface area contributed by atoms with E-state index in [9.17, 15) is 22.4 Å². The monoisotopic (exact) mass is 259 g/mol. The van der Waals surface area contributed by atoms with Crippen LogP contribution in [0, 0.1) is 0 Å². The summed E-state index contributed by atoms with van der Waals surface area (Å²) in [7, 11) is 0. The van der Waals surface area contributed by atoms with E-state index in [1.165, 1.54) is 0 Å². The molecule has 0 unspecified atom stereocenters. The van der Waals surface area contributed by atoms with Crippen molar-refractivity contribution in [2.45, 2.75) is 24.2 Å². The van der Waals surface area contributed by atoms with Gasteiger partial charge in [-0.1, -0.05) is 0 Å². The molecule has 2 aliphatic rings. The van der Waals surface area contributed by atoms with Crippen LogP contribution in [0.4, 0.5) is 17.6 Å². The number of carbonyl (C=O) groups excluding carboxylic acids is 1. The molecule has 2 nitrogen and oxygen atoms in total. The summed E-state index contributed by atoms with van der Waals surface area (Å²) >= 11 is 0. The summed E-state index contributed by atoms with van der Waals surface area (Å²) in [5.74, 6) is -0.441. The molecule has 3 rings (SSSR count).